The van der Waals surface area contributed by atoms with Gasteiger partial charge in [0.25, 0.3) is 5.69 Å². The van der Waals surface area contributed by atoms with E-state index in [1.165, 1.54) is 6.07 Å². The standard InChI is InChI=1S/C13H19N3O3/c1-8-5-6-10(7-11(8)16(18)19)9(2)15-12(17)13(3,4)14/h5-7,9H,14H2,1-4H3,(H,15,17). The Kier molecular flexibility index (Phi) is 4.26. The first-order valence-corrected chi connectivity index (χ1v) is 5.97. The molecule has 1 atom stereocenters. The summed E-state index contributed by atoms with van der Waals surface area (Å²) in [5.74, 6) is -0.303. The van der Waals surface area contributed by atoms with E-state index < -0.39 is 10.5 Å². The largest absolute Gasteiger partial charge is 0.348 e. The average molecular weight is 265 g/mol. The molecule has 0 spiro atoms. The molecule has 1 aromatic rings. The number of nitrogens with two attached hydrogens (primary N) is 1. The Hall–Kier alpha value is -1.95. The van der Waals surface area contributed by atoms with Gasteiger partial charge in [-0.3, -0.25) is 14.9 Å². The summed E-state index contributed by atoms with van der Waals surface area (Å²) in [7, 11) is 0. The van der Waals surface area contributed by atoms with E-state index in [4.69, 9.17) is 5.73 Å². The van der Waals surface area contributed by atoms with Crippen LogP contribution in [0.15, 0.2) is 18.2 Å². The number of nitro groups is 1. The predicted molar refractivity (Wildman–Crippen MR) is 72.7 cm³/mol. The molecule has 0 aromatic heterocycles. The van der Waals surface area contributed by atoms with Crippen LogP contribution in [0.4, 0.5) is 5.69 Å². The van der Waals surface area contributed by atoms with Gasteiger partial charge in [-0.25, -0.2) is 0 Å². The van der Waals surface area contributed by atoms with Gasteiger partial charge in [0.15, 0.2) is 0 Å². The monoisotopic (exact) mass is 265 g/mol. The summed E-state index contributed by atoms with van der Waals surface area (Å²) in [6, 6.07) is 4.57. The zero-order valence-electron chi connectivity index (χ0n) is 11.6. The van der Waals surface area contributed by atoms with Gasteiger partial charge in [0.05, 0.1) is 16.5 Å². The number of hydrogen-bond acceptors (Lipinski definition) is 4. The van der Waals surface area contributed by atoms with Crippen LogP contribution < -0.4 is 11.1 Å². The third-order valence-corrected chi connectivity index (χ3v) is 2.86. The number of rotatable bonds is 4. The first-order valence-electron chi connectivity index (χ1n) is 5.97. The normalized spacial score (nSPS) is 12.9. The lowest BCUT2D eigenvalue weighted by atomic mass is 10.0. The summed E-state index contributed by atoms with van der Waals surface area (Å²) in [6.45, 7) is 6.64. The minimum absolute atomic E-state index is 0.0469. The van der Waals surface area contributed by atoms with Gasteiger partial charge in [0.1, 0.15) is 0 Å². The molecule has 3 N–H and O–H groups in total. The second-order valence-corrected chi connectivity index (χ2v) is 5.22. The molecule has 6 heteroatoms. The number of amides is 1. The molecule has 19 heavy (non-hydrogen) atoms. The number of carbonyl (C=O) groups is 1. The van der Waals surface area contributed by atoms with Crippen molar-refractivity contribution in [1.82, 2.24) is 5.32 Å². The Labute approximate surface area is 112 Å². The molecular weight excluding hydrogens is 246 g/mol. The highest BCUT2D eigenvalue weighted by Crippen LogP contribution is 2.23. The number of carbonyl (C=O) groups excluding carboxylic acids is 1. The lowest BCUT2D eigenvalue weighted by Crippen LogP contribution is -2.49. The van der Waals surface area contributed by atoms with Crippen LogP contribution in [0.25, 0.3) is 0 Å². The number of hydrogen-bond donors (Lipinski definition) is 2. The Morgan fingerprint density at radius 1 is 1.47 bits per heavy atom. The van der Waals surface area contributed by atoms with E-state index >= 15 is 0 Å². The van der Waals surface area contributed by atoms with Crippen molar-refractivity contribution in [2.75, 3.05) is 0 Å². The Balaban J connectivity index is 2.95. The van der Waals surface area contributed by atoms with E-state index in [-0.39, 0.29) is 17.6 Å². The van der Waals surface area contributed by atoms with Crippen molar-refractivity contribution < 1.29 is 9.72 Å². The van der Waals surface area contributed by atoms with Crippen molar-refractivity contribution >= 4 is 11.6 Å². The summed E-state index contributed by atoms with van der Waals surface area (Å²) in [4.78, 5) is 22.2. The van der Waals surface area contributed by atoms with Gasteiger partial charge < -0.3 is 11.1 Å². The second-order valence-electron chi connectivity index (χ2n) is 5.22. The molecule has 104 valence electrons. The summed E-state index contributed by atoms with van der Waals surface area (Å²) < 4.78 is 0. The minimum Gasteiger partial charge on any atom is -0.348 e. The smallest absolute Gasteiger partial charge is 0.272 e. The molecule has 0 heterocycles. The van der Waals surface area contributed by atoms with E-state index in [1.54, 1.807) is 39.8 Å². The SMILES string of the molecule is Cc1ccc(C(C)NC(=O)C(C)(C)N)cc1[N+](=O)[O-]. The molecule has 1 aromatic carbocycles. The third kappa shape index (κ3) is 3.75. The van der Waals surface area contributed by atoms with Crippen LogP contribution >= 0.6 is 0 Å². The van der Waals surface area contributed by atoms with Gasteiger partial charge in [-0.05, 0) is 33.3 Å². The molecule has 0 bridgehead atoms. The van der Waals surface area contributed by atoms with Crippen LogP contribution in [0, 0.1) is 17.0 Å². The second kappa shape index (κ2) is 5.36. The molecule has 0 aliphatic heterocycles. The van der Waals surface area contributed by atoms with Gasteiger partial charge in [-0.1, -0.05) is 12.1 Å². The summed E-state index contributed by atoms with van der Waals surface area (Å²) >= 11 is 0. The molecule has 0 aliphatic carbocycles. The molecule has 1 unspecified atom stereocenters. The fourth-order valence-corrected chi connectivity index (χ4v) is 1.56. The van der Waals surface area contributed by atoms with Crippen molar-refractivity contribution in [3.05, 3.63) is 39.4 Å². The molecule has 0 saturated carbocycles. The topological polar surface area (TPSA) is 98.3 Å². The number of aryl methyl sites for hydroxylation is 1. The first-order chi connectivity index (χ1) is 8.62. The van der Waals surface area contributed by atoms with Crippen LogP contribution in [0.3, 0.4) is 0 Å². The molecule has 1 amide bonds. The summed E-state index contributed by atoms with van der Waals surface area (Å²) in [5, 5.41) is 13.6. The highest BCUT2D eigenvalue weighted by atomic mass is 16.6. The fourth-order valence-electron chi connectivity index (χ4n) is 1.56. The molecule has 0 radical (unpaired) electrons. The van der Waals surface area contributed by atoms with E-state index in [9.17, 15) is 14.9 Å². The number of nitrogens with one attached hydrogen (secondary N) is 1. The zero-order chi connectivity index (χ0) is 14.8. The molecule has 0 saturated heterocycles. The van der Waals surface area contributed by atoms with Crippen LogP contribution in [0.1, 0.15) is 37.9 Å². The predicted octanol–water partition coefficient (Wildman–Crippen LogP) is 1.82. The minimum atomic E-state index is -0.981. The van der Waals surface area contributed by atoms with Gasteiger partial charge in [-0.2, -0.15) is 0 Å². The maximum absolute atomic E-state index is 11.8. The van der Waals surface area contributed by atoms with Crippen LogP contribution in [0.2, 0.25) is 0 Å². The highest BCUT2D eigenvalue weighted by molar-refractivity contribution is 5.85. The van der Waals surface area contributed by atoms with Crippen LogP contribution in [-0.4, -0.2) is 16.4 Å². The Morgan fingerprint density at radius 3 is 2.53 bits per heavy atom. The summed E-state index contributed by atoms with van der Waals surface area (Å²) in [5.41, 5.74) is 6.02. The summed E-state index contributed by atoms with van der Waals surface area (Å²) in [6.07, 6.45) is 0. The average Bonchev–Trinajstić information content (AvgIpc) is 2.27. The van der Waals surface area contributed by atoms with E-state index in [0.717, 1.165) is 0 Å². The van der Waals surface area contributed by atoms with Crippen molar-refractivity contribution in [1.29, 1.82) is 0 Å². The third-order valence-electron chi connectivity index (χ3n) is 2.86. The quantitative estimate of drug-likeness (QED) is 0.640. The highest BCUT2D eigenvalue weighted by Gasteiger charge is 2.24. The number of nitro benzene ring substituents is 1. The molecule has 6 nitrogen and oxygen atoms in total. The molecule has 0 aliphatic rings. The first kappa shape index (κ1) is 15.1. The zero-order valence-corrected chi connectivity index (χ0v) is 11.6. The van der Waals surface area contributed by atoms with E-state index in [1.807, 2.05) is 0 Å². The van der Waals surface area contributed by atoms with Crippen LogP contribution in [0.5, 0.6) is 0 Å². The molecule has 0 fully saturated rings. The van der Waals surface area contributed by atoms with E-state index in [2.05, 4.69) is 5.32 Å². The lowest BCUT2D eigenvalue weighted by Gasteiger charge is -2.22. The van der Waals surface area contributed by atoms with Gasteiger partial charge >= 0.3 is 0 Å². The van der Waals surface area contributed by atoms with Gasteiger partial charge in [-0.15, -0.1) is 0 Å². The van der Waals surface area contributed by atoms with Crippen LogP contribution in [-0.2, 0) is 4.79 Å². The maximum atomic E-state index is 11.8. The van der Waals surface area contributed by atoms with Crippen molar-refractivity contribution in [3.8, 4) is 0 Å². The Morgan fingerprint density at radius 2 is 2.05 bits per heavy atom. The maximum Gasteiger partial charge on any atom is 0.272 e. The van der Waals surface area contributed by atoms with Crippen molar-refractivity contribution in [3.63, 3.8) is 0 Å². The molecule has 1 rings (SSSR count). The van der Waals surface area contributed by atoms with Gasteiger partial charge in [0.2, 0.25) is 5.91 Å². The van der Waals surface area contributed by atoms with Crippen molar-refractivity contribution in [2.45, 2.75) is 39.3 Å². The fraction of sp³-hybridized carbons (Fsp3) is 0.462. The number of nitrogens with zero attached hydrogens (tertiary/aromatic N) is 1. The molecular formula is C13H19N3O3. The Bertz CT molecular complexity index is 506. The van der Waals surface area contributed by atoms with Gasteiger partial charge in [0, 0.05) is 11.6 Å². The van der Waals surface area contributed by atoms with Crippen molar-refractivity contribution in [2.24, 2.45) is 5.73 Å². The lowest BCUT2D eigenvalue weighted by molar-refractivity contribution is -0.385. The number of benzene rings is 1. The van der Waals surface area contributed by atoms with E-state index in [0.29, 0.717) is 11.1 Å².